The van der Waals surface area contributed by atoms with E-state index in [1.807, 2.05) is 0 Å². The monoisotopic (exact) mass is 285 g/mol. The molecule has 0 aromatic carbocycles. The molecule has 0 aromatic heterocycles. The normalized spacial score (nSPS) is 27.8. The predicted octanol–water partition coefficient (Wildman–Crippen LogP) is 2.87. The summed E-state index contributed by atoms with van der Waals surface area (Å²) in [7, 11) is 1.70. The highest BCUT2D eigenvalue weighted by atomic mass is 16.5. The van der Waals surface area contributed by atoms with Crippen molar-refractivity contribution in [1.82, 2.24) is 4.90 Å². The first kappa shape index (κ1) is 17.4. The van der Waals surface area contributed by atoms with Gasteiger partial charge in [-0.25, -0.2) is 0 Å². The van der Waals surface area contributed by atoms with E-state index in [0.717, 1.165) is 32.4 Å². The highest BCUT2D eigenvalue weighted by molar-refractivity contribution is 5.71. The van der Waals surface area contributed by atoms with E-state index < -0.39 is 5.97 Å². The van der Waals surface area contributed by atoms with Crippen molar-refractivity contribution in [2.75, 3.05) is 26.8 Å². The lowest BCUT2D eigenvalue weighted by Crippen LogP contribution is -2.49. The third-order valence-corrected chi connectivity index (χ3v) is 4.82. The lowest BCUT2D eigenvalue weighted by molar-refractivity contribution is -0.147. The number of carbonyl (C=O) groups is 1. The number of hydrogen-bond donors (Lipinski definition) is 1. The molecule has 0 aromatic rings. The smallest absolute Gasteiger partial charge is 0.308 e. The van der Waals surface area contributed by atoms with Crippen molar-refractivity contribution < 1.29 is 14.6 Å². The Balaban J connectivity index is 2.84. The van der Waals surface area contributed by atoms with Crippen LogP contribution in [0.1, 0.15) is 47.0 Å². The van der Waals surface area contributed by atoms with Gasteiger partial charge in [-0.3, -0.25) is 9.69 Å². The van der Waals surface area contributed by atoms with Crippen molar-refractivity contribution in [3.05, 3.63) is 0 Å². The molecule has 0 spiro atoms. The third kappa shape index (κ3) is 4.45. The van der Waals surface area contributed by atoms with Crippen LogP contribution in [0.5, 0.6) is 0 Å². The van der Waals surface area contributed by atoms with Crippen molar-refractivity contribution in [1.29, 1.82) is 0 Å². The number of rotatable bonds is 6. The summed E-state index contributed by atoms with van der Waals surface area (Å²) in [5.41, 5.74) is 0.252. The van der Waals surface area contributed by atoms with Crippen LogP contribution >= 0.6 is 0 Å². The summed E-state index contributed by atoms with van der Waals surface area (Å²) >= 11 is 0. The maximum absolute atomic E-state index is 11.6. The fourth-order valence-electron chi connectivity index (χ4n) is 3.39. The molecule has 0 aliphatic heterocycles. The van der Waals surface area contributed by atoms with E-state index >= 15 is 0 Å². The summed E-state index contributed by atoms with van der Waals surface area (Å²) in [4.78, 5) is 13.8. The number of carboxylic acid groups (broad SMARTS) is 1. The van der Waals surface area contributed by atoms with Crippen molar-refractivity contribution in [2.45, 2.75) is 53.0 Å². The number of methoxy groups -OCH3 is 1. The Labute approximate surface area is 123 Å². The average Bonchev–Trinajstić information content (AvgIpc) is 2.38. The fraction of sp³-hybridized carbons (Fsp3) is 0.938. The number of likely N-dealkylation sites (N-methyl/N-ethyl adjacent to an activating group) is 1. The van der Waals surface area contributed by atoms with E-state index in [9.17, 15) is 9.90 Å². The molecule has 1 N–H and O–H groups in total. The van der Waals surface area contributed by atoms with Crippen molar-refractivity contribution in [3.63, 3.8) is 0 Å². The fourth-order valence-corrected chi connectivity index (χ4v) is 3.39. The molecule has 4 heteroatoms. The first-order valence-electron chi connectivity index (χ1n) is 7.77. The molecule has 0 heterocycles. The molecular formula is C16H31NO3. The van der Waals surface area contributed by atoms with Crippen LogP contribution in [-0.2, 0) is 9.53 Å². The molecular weight excluding hydrogens is 254 g/mol. The van der Waals surface area contributed by atoms with Gasteiger partial charge in [-0.15, -0.1) is 0 Å². The van der Waals surface area contributed by atoms with Crippen LogP contribution in [-0.4, -0.2) is 48.8 Å². The van der Waals surface area contributed by atoms with Crippen LogP contribution in [0.2, 0.25) is 0 Å². The minimum Gasteiger partial charge on any atom is -0.481 e. The molecule has 1 rings (SSSR count). The molecule has 3 unspecified atom stereocenters. The predicted molar refractivity (Wildman–Crippen MR) is 80.8 cm³/mol. The molecule has 3 atom stereocenters. The number of nitrogens with zero attached hydrogens (tertiary/aromatic N) is 1. The van der Waals surface area contributed by atoms with Gasteiger partial charge in [0.2, 0.25) is 0 Å². The van der Waals surface area contributed by atoms with E-state index in [1.165, 1.54) is 0 Å². The van der Waals surface area contributed by atoms with Gasteiger partial charge in [-0.2, -0.15) is 0 Å². The quantitative estimate of drug-likeness (QED) is 0.815. The molecule has 1 fully saturated rings. The van der Waals surface area contributed by atoms with Crippen molar-refractivity contribution in [3.8, 4) is 0 Å². The minimum atomic E-state index is -0.641. The van der Waals surface area contributed by atoms with Crippen LogP contribution in [0, 0.1) is 17.3 Å². The van der Waals surface area contributed by atoms with Crippen LogP contribution in [0.3, 0.4) is 0 Å². The van der Waals surface area contributed by atoms with Crippen LogP contribution in [0.25, 0.3) is 0 Å². The summed E-state index contributed by atoms with van der Waals surface area (Å²) in [6.07, 6.45) is 2.81. The molecule has 118 valence electrons. The Morgan fingerprint density at radius 2 is 2.00 bits per heavy atom. The minimum absolute atomic E-state index is 0.144. The number of carboxylic acids is 1. The van der Waals surface area contributed by atoms with E-state index in [-0.39, 0.29) is 17.4 Å². The zero-order valence-corrected chi connectivity index (χ0v) is 13.7. The molecule has 1 aliphatic rings. The lowest BCUT2D eigenvalue weighted by Gasteiger charge is -2.44. The van der Waals surface area contributed by atoms with Gasteiger partial charge in [0.25, 0.3) is 0 Å². The van der Waals surface area contributed by atoms with Crippen molar-refractivity contribution >= 4 is 5.97 Å². The summed E-state index contributed by atoms with van der Waals surface area (Å²) in [5.74, 6) is -0.275. The summed E-state index contributed by atoms with van der Waals surface area (Å²) < 4.78 is 5.17. The molecule has 0 saturated heterocycles. The SMILES string of the molecule is CCN(CCOC)C1CC(C(C)(C)C)CCC1C(=O)O. The van der Waals surface area contributed by atoms with Gasteiger partial charge in [0.1, 0.15) is 0 Å². The average molecular weight is 285 g/mol. The van der Waals surface area contributed by atoms with Gasteiger partial charge in [0.15, 0.2) is 0 Å². The highest BCUT2D eigenvalue weighted by Crippen LogP contribution is 2.41. The number of aliphatic carboxylic acids is 1. The Morgan fingerprint density at radius 3 is 2.45 bits per heavy atom. The molecule has 4 nitrogen and oxygen atoms in total. The molecule has 1 saturated carbocycles. The molecule has 0 amide bonds. The van der Waals surface area contributed by atoms with Crippen LogP contribution in [0.15, 0.2) is 0 Å². The number of ether oxygens (including phenoxy) is 1. The molecule has 1 aliphatic carbocycles. The van der Waals surface area contributed by atoms with Gasteiger partial charge >= 0.3 is 5.97 Å². The van der Waals surface area contributed by atoms with Gasteiger partial charge in [0.05, 0.1) is 12.5 Å². The van der Waals surface area contributed by atoms with E-state index in [2.05, 4.69) is 32.6 Å². The zero-order valence-electron chi connectivity index (χ0n) is 13.7. The number of hydrogen-bond acceptors (Lipinski definition) is 3. The standard InChI is InChI=1S/C16H31NO3/c1-6-17(9-10-20-5)14-11-12(16(2,3)4)7-8-13(14)15(18)19/h12-14H,6-11H2,1-5H3,(H,18,19). The largest absolute Gasteiger partial charge is 0.481 e. The molecule has 20 heavy (non-hydrogen) atoms. The first-order valence-corrected chi connectivity index (χ1v) is 7.77. The second-order valence-corrected chi connectivity index (χ2v) is 7.01. The van der Waals surface area contributed by atoms with Crippen LogP contribution < -0.4 is 0 Å². The topological polar surface area (TPSA) is 49.8 Å². The maximum Gasteiger partial charge on any atom is 0.308 e. The Morgan fingerprint density at radius 1 is 1.35 bits per heavy atom. The van der Waals surface area contributed by atoms with Gasteiger partial charge < -0.3 is 9.84 Å². The second kappa shape index (κ2) is 7.41. The summed E-state index contributed by atoms with van der Waals surface area (Å²) in [5, 5.41) is 9.51. The van der Waals surface area contributed by atoms with E-state index in [0.29, 0.717) is 12.5 Å². The van der Waals surface area contributed by atoms with Gasteiger partial charge in [-0.1, -0.05) is 27.7 Å². The second-order valence-electron chi connectivity index (χ2n) is 7.01. The van der Waals surface area contributed by atoms with Crippen LogP contribution in [0.4, 0.5) is 0 Å². The van der Waals surface area contributed by atoms with E-state index in [1.54, 1.807) is 7.11 Å². The molecule has 0 bridgehead atoms. The Hall–Kier alpha value is -0.610. The van der Waals surface area contributed by atoms with E-state index in [4.69, 9.17) is 4.74 Å². The van der Waals surface area contributed by atoms with Gasteiger partial charge in [0, 0.05) is 19.7 Å². The zero-order chi connectivity index (χ0) is 15.3. The lowest BCUT2D eigenvalue weighted by atomic mass is 9.67. The summed E-state index contributed by atoms with van der Waals surface area (Å²) in [6.45, 7) is 11.3. The third-order valence-electron chi connectivity index (χ3n) is 4.82. The van der Waals surface area contributed by atoms with Crippen molar-refractivity contribution in [2.24, 2.45) is 17.3 Å². The van der Waals surface area contributed by atoms with Gasteiger partial charge in [-0.05, 0) is 37.1 Å². The maximum atomic E-state index is 11.6. The Bertz CT molecular complexity index is 311. The Kier molecular flexibility index (Phi) is 6.46. The first-order chi connectivity index (χ1) is 9.31. The molecule has 0 radical (unpaired) electrons. The highest BCUT2D eigenvalue weighted by Gasteiger charge is 2.41. The summed E-state index contributed by atoms with van der Waals surface area (Å²) in [6, 6.07) is 0.144.